The van der Waals surface area contributed by atoms with Crippen molar-refractivity contribution in [2.24, 2.45) is 0 Å². The first-order valence-corrected chi connectivity index (χ1v) is 11.6. The summed E-state index contributed by atoms with van der Waals surface area (Å²) < 4.78 is 14.4. The highest BCUT2D eigenvalue weighted by molar-refractivity contribution is 9.10. The number of carbonyl (C=O) groups excluding carboxylic acids is 2. The zero-order chi connectivity index (χ0) is 23.4. The fourth-order valence-electron chi connectivity index (χ4n) is 2.79. The number of rotatable bonds is 4. The summed E-state index contributed by atoms with van der Waals surface area (Å²) in [4.78, 5) is 31.4. The molecule has 0 bridgehead atoms. The molecule has 4 aromatic rings. The first kappa shape index (κ1) is 24.5. The van der Waals surface area contributed by atoms with Crippen molar-refractivity contribution in [3.05, 3.63) is 67.6 Å². The van der Waals surface area contributed by atoms with Crippen molar-refractivity contribution in [2.45, 2.75) is 13.8 Å². The fraction of sp³-hybridized carbons (Fsp3) is 0.200. The van der Waals surface area contributed by atoms with E-state index in [-0.39, 0.29) is 5.69 Å². The first-order valence-electron chi connectivity index (χ1n) is 9.24. The predicted molar refractivity (Wildman–Crippen MR) is 128 cm³/mol. The Labute approximate surface area is 209 Å². The zero-order valence-electron chi connectivity index (χ0n) is 16.8. The van der Waals surface area contributed by atoms with Gasteiger partial charge in [-0.15, -0.1) is 0 Å². The molecule has 4 heterocycles. The lowest BCUT2D eigenvalue weighted by Crippen LogP contribution is -2.11. The van der Waals surface area contributed by atoms with E-state index in [2.05, 4.69) is 41.8 Å². The number of hydrogen-bond donors (Lipinski definition) is 0. The summed E-state index contributed by atoms with van der Waals surface area (Å²) in [6.07, 6.45) is 6.29. The molecule has 0 unspecified atom stereocenters. The quantitative estimate of drug-likeness (QED) is 0.271. The highest BCUT2D eigenvalue weighted by atomic mass is 79.9. The molecule has 0 saturated carbocycles. The summed E-state index contributed by atoms with van der Waals surface area (Å²) in [5, 5.41) is 0.842. The SMILES string of the molecule is CCOC(=O)c1c(Cl)c(Br)cc2cncn12.CCOC(=O)c1cc(Br)c(Cl)c2cncn12. The largest absolute Gasteiger partial charge is 0.461 e. The topological polar surface area (TPSA) is 87.2 Å². The molecule has 0 spiro atoms. The average molecular weight is 607 g/mol. The molecule has 0 radical (unpaired) electrons. The molecule has 0 aromatic carbocycles. The number of carbonyl (C=O) groups is 2. The van der Waals surface area contributed by atoms with Gasteiger partial charge in [-0.1, -0.05) is 23.2 Å². The van der Waals surface area contributed by atoms with E-state index >= 15 is 0 Å². The van der Waals surface area contributed by atoms with Crippen molar-refractivity contribution in [3.8, 4) is 0 Å². The summed E-state index contributed by atoms with van der Waals surface area (Å²) in [5.41, 5.74) is 2.12. The van der Waals surface area contributed by atoms with Gasteiger partial charge in [-0.25, -0.2) is 19.6 Å². The van der Waals surface area contributed by atoms with Crippen LogP contribution in [0.25, 0.3) is 11.0 Å². The summed E-state index contributed by atoms with van der Waals surface area (Å²) in [6.45, 7) is 4.13. The van der Waals surface area contributed by atoms with Gasteiger partial charge in [0.15, 0.2) is 5.69 Å². The highest BCUT2D eigenvalue weighted by Crippen LogP contribution is 2.29. The van der Waals surface area contributed by atoms with Crippen molar-refractivity contribution in [1.82, 2.24) is 18.8 Å². The Morgan fingerprint density at radius 3 is 2.19 bits per heavy atom. The molecular formula is C20H16Br2Cl2N4O4. The molecule has 12 heteroatoms. The van der Waals surface area contributed by atoms with Crippen LogP contribution in [0.5, 0.6) is 0 Å². The van der Waals surface area contributed by atoms with Crippen molar-refractivity contribution >= 4 is 78.0 Å². The number of esters is 2. The van der Waals surface area contributed by atoms with Gasteiger partial charge in [0.2, 0.25) is 0 Å². The molecular weight excluding hydrogens is 591 g/mol. The minimum atomic E-state index is -0.461. The van der Waals surface area contributed by atoms with Crippen molar-refractivity contribution < 1.29 is 19.1 Å². The van der Waals surface area contributed by atoms with Gasteiger partial charge in [-0.2, -0.15) is 0 Å². The van der Waals surface area contributed by atoms with Crippen LogP contribution in [0, 0.1) is 0 Å². The van der Waals surface area contributed by atoms with Crippen LogP contribution in [0.4, 0.5) is 0 Å². The molecule has 32 heavy (non-hydrogen) atoms. The van der Waals surface area contributed by atoms with E-state index in [0.29, 0.717) is 43.4 Å². The van der Waals surface area contributed by atoms with Crippen LogP contribution in [-0.2, 0) is 9.47 Å². The van der Waals surface area contributed by atoms with Crippen molar-refractivity contribution in [1.29, 1.82) is 0 Å². The second-order valence-electron chi connectivity index (χ2n) is 6.12. The third kappa shape index (κ3) is 4.93. The smallest absolute Gasteiger partial charge is 0.356 e. The van der Waals surface area contributed by atoms with Gasteiger partial charge in [-0.3, -0.25) is 8.80 Å². The van der Waals surface area contributed by atoms with E-state index in [1.165, 1.54) is 12.7 Å². The Kier molecular flexibility index (Phi) is 8.16. The first-order chi connectivity index (χ1) is 15.3. The van der Waals surface area contributed by atoms with E-state index in [4.69, 9.17) is 32.7 Å². The molecule has 4 aromatic heterocycles. The molecule has 8 nitrogen and oxygen atoms in total. The lowest BCUT2D eigenvalue weighted by atomic mass is 10.3. The van der Waals surface area contributed by atoms with E-state index < -0.39 is 11.9 Å². The van der Waals surface area contributed by atoms with Gasteiger partial charge in [0.1, 0.15) is 5.69 Å². The molecule has 0 amide bonds. The Morgan fingerprint density at radius 1 is 0.906 bits per heavy atom. The van der Waals surface area contributed by atoms with Crippen molar-refractivity contribution in [3.63, 3.8) is 0 Å². The maximum Gasteiger partial charge on any atom is 0.356 e. The molecule has 168 valence electrons. The molecule has 0 atom stereocenters. The summed E-state index contributed by atoms with van der Waals surface area (Å²) >= 11 is 18.7. The predicted octanol–water partition coefficient (Wildman–Crippen LogP) is 5.85. The third-order valence-corrected chi connectivity index (χ3v) is 6.64. The number of ether oxygens (including phenoxy) is 2. The van der Waals surface area contributed by atoms with Gasteiger partial charge in [0, 0.05) is 8.95 Å². The van der Waals surface area contributed by atoms with E-state index in [1.807, 2.05) is 0 Å². The van der Waals surface area contributed by atoms with Gasteiger partial charge in [0.05, 0.1) is 59.3 Å². The van der Waals surface area contributed by atoms with Crippen molar-refractivity contribution in [2.75, 3.05) is 13.2 Å². The Morgan fingerprint density at radius 2 is 1.50 bits per heavy atom. The second kappa shape index (κ2) is 10.7. The van der Waals surface area contributed by atoms with Crippen LogP contribution < -0.4 is 0 Å². The third-order valence-electron chi connectivity index (χ3n) is 4.15. The fourth-order valence-corrected chi connectivity index (χ4v) is 4.04. The monoisotopic (exact) mass is 604 g/mol. The van der Waals surface area contributed by atoms with Gasteiger partial charge in [0.25, 0.3) is 0 Å². The number of aromatic nitrogens is 4. The number of fused-ring (bicyclic) bond motifs is 2. The van der Waals surface area contributed by atoms with Crippen LogP contribution in [0.2, 0.25) is 10.0 Å². The minimum Gasteiger partial charge on any atom is -0.461 e. The van der Waals surface area contributed by atoms with Gasteiger partial charge >= 0.3 is 11.9 Å². The Bertz CT molecular complexity index is 1310. The molecule has 0 aliphatic carbocycles. The molecule has 0 aliphatic heterocycles. The molecule has 0 fully saturated rings. The summed E-state index contributed by atoms with van der Waals surface area (Å²) in [6, 6.07) is 3.41. The van der Waals surface area contributed by atoms with Crippen LogP contribution >= 0.6 is 55.1 Å². The maximum atomic E-state index is 11.8. The molecule has 0 saturated heterocycles. The summed E-state index contributed by atoms with van der Waals surface area (Å²) in [5.74, 6) is -0.861. The van der Waals surface area contributed by atoms with Crippen LogP contribution in [0.15, 0.2) is 46.1 Å². The Hall–Kier alpha value is -2.14. The molecule has 0 N–H and O–H groups in total. The van der Waals surface area contributed by atoms with Crippen LogP contribution in [-0.4, -0.2) is 43.9 Å². The van der Waals surface area contributed by atoms with Crippen LogP contribution in [0.1, 0.15) is 34.8 Å². The number of nitrogens with zero attached hydrogens (tertiary/aromatic N) is 4. The van der Waals surface area contributed by atoms with E-state index in [1.54, 1.807) is 47.2 Å². The maximum absolute atomic E-state index is 11.8. The number of hydrogen-bond acceptors (Lipinski definition) is 6. The zero-order valence-corrected chi connectivity index (χ0v) is 21.5. The van der Waals surface area contributed by atoms with E-state index in [9.17, 15) is 9.59 Å². The lowest BCUT2D eigenvalue weighted by Gasteiger charge is -2.08. The average Bonchev–Trinajstić information content (AvgIpc) is 3.42. The normalized spacial score (nSPS) is 10.7. The lowest BCUT2D eigenvalue weighted by molar-refractivity contribution is 0.0508. The second-order valence-corrected chi connectivity index (χ2v) is 8.59. The Balaban J connectivity index is 0.000000181. The summed E-state index contributed by atoms with van der Waals surface area (Å²) in [7, 11) is 0. The number of halogens is 4. The van der Waals surface area contributed by atoms with Crippen LogP contribution in [0.3, 0.4) is 0 Å². The molecule has 0 aliphatic rings. The number of pyridine rings is 2. The highest BCUT2D eigenvalue weighted by Gasteiger charge is 2.19. The number of imidazole rings is 2. The minimum absolute atomic E-state index is 0.283. The molecule has 4 rings (SSSR count). The standard InChI is InChI=1S/2C10H8BrClN2O2/c1-2-16-10(15)7-3-6(11)9(12)8-4-13-5-14(7)8;1-2-16-10(15)9-8(12)7(11)3-6-4-13-5-14(6)9/h2*3-5H,2H2,1H3. The van der Waals surface area contributed by atoms with Gasteiger partial charge < -0.3 is 9.47 Å². The van der Waals surface area contributed by atoms with Gasteiger partial charge in [-0.05, 0) is 57.8 Å². The van der Waals surface area contributed by atoms with E-state index in [0.717, 1.165) is 5.52 Å².